The van der Waals surface area contributed by atoms with Crippen molar-refractivity contribution in [2.24, 2.45) is 5.14 Å². The maximum absolute atomic E-state index is 10.8. The summed E-state index contributed by atoms with van der Waals surface area (Å²) in [5.74, 6) is 0. The Bertz CT molecular complexity index is 226. The van der Waals surface area contributed by atoms with Crippen LogP contribution in [0.25, 0.3) is 0 Å². The smallest absolute Gasteiger partial charge is 0.279 e. The second-order valence-corrected chi connectivity index (χ2v) is 3.99. The van der Waals surface area contributed by atoms with Crippen LogP contribution in [0.3, 0.4) is 0 Å². The van der Waals surface area contributed by atoms with Crippen LogP contribution in [0.4, 0.5) is 0 Å². The average molecular weight is 180 g/mol. The summed E-state index contributed by atoms with van der Waals surface area (Å²) in [5.41, 5.74) is 0. The Balaban J connectivity index is 2.72. The highest BCUT2D eigenvalue weighted by Crippen LogP contribution is 2.18. The first-order valence-electron chi connectivity index (χ1n) is 3.38. The van der Waals surface area contributed by atoms with Crippen LogP contribution in [0.2, 0.25) is 0 Å². The molecule has 2 N–H and O–H groups in total. The average Bonchev–Trinajstić information content (AvgIpc) is 2.31. The number of ether oxygens (including phenoxy) is 1. The quantitative estimate of drug-likeness (QED) is 0.608. The van der Waals surface area contributed by atoms with E-state index in [-0.39, 0.29) is 6.23 Å². The van der Waals surface area contributed by atoms with Gasteiger partial charge in [-0.2, -0.15) is 12.7 Å². The van der Waals surface area contributed by atoms with Gasteiger partial charge in [0.15, 0.2) is 0 Å². The Morgan fingerprint density at radius 1 is 1.64 bits per heavy atom. The lowest BCUT2D eigenvalue weighted by Crippen LogP contribution is -2.40. The van der Waals surface area contributed by atoms with Crippen molar-refractivity contribution in [1.29, 1.82) is 0 Å². The van der Waals surface area contributed by atoms with E-state index in [1.54, 1.807) is 0 Å². The number of nitrogens with two attached hydrogens (primary N) is 1. The minimum Gasteiger partial charge on any atom is -0.365 e. The third-order valence-electron chi connectivity index (χ3n) is 1.75. The Hall–Kier alpha value is -0.170. The fraction of sp³-hybridized carbons (Fsp3) is 1.00. The molecule has 1 atom stereocenters. The van der Waals surface area contributed by atoms with Crippen LogP contribution in [0.15, 0.2) is 0 Å². The van der Waals surface area contributed by atoms with Gasteiger partial charge in [0.2, 0.25) is 0 Å². The van der Waals surface area contributed by atoms with Crippen molar-refractivity contribution >= 4 is 10.2 Å². The van der Waals surface area contributed by atoms with Gasteiger partial charge >= 0.3 is 0 Å². The van der Waals surface area contributed by atoms with E-state index < -0.39 is 10.2 Å². The minimum atomic E-state index is -3.56. The summed E-state index contributed by atoms with van der Waals surface area (Å²) in [6.45, 7) is 0.470. The van der Waals surface area contributed by atoms with E-state index in [1.807, 2.05) is 0 Å². The first-order valence-corrected chi connectivity index (χ1v) is 4.88. The van der Waals surface area contributed by atoms with E-state index in [2.05, 4.69) is 0 Å². The molecule has 6 heteroatoms. The van der Waals surface area contributed by atoms with Crippen LogP contribution in [-0.2, 0) is 14.9 Å². The van der Waals surface area contributed by atoms with Crippen molar-refractivity contribution in [2.45, 2.75) is 19.1 Å². The molecule has 0 aromatic rings. The van der Waals surface area contributed by atoms with Crippen LogP contribution in [0, 0.1) is 0 Å². The molecule has 66 valence electrons. The molecule has 1 fully saturated rings. The molecule has 1 heterocycles. The van der Waals surface area contributed by atoms with Crippen LogP contribution < -0.4 is 5.14 Å². The molecule has 0 amide bonds. The van der Waals surface area contributed by atoms with Crippen molar-refractivity contribution in [2.75, 3.05) is 13.7 Å². The third-order valence-corrected chi connectivity index (χ3v) is 2.82. The van der Waals surface area contributed by atoms with E-state index in [0.29, 0.717) is 6.54 Å². The zero-order valence-electron chi connectivity index (χ0n) is 6.36. The number of hydrogen-bond acceptors (Lipinski definition) is 3. The van der Waals surface area contributed by atoms with Crippen LogP contribution in [0.5, 0.6) is 0 Å². The second kappa shape index (κ2) is 3.06. The number of nitrogens with zero attached hydrogens (tertiary/aromatic N) is 1. The summed E-state index contributed by atoms with van der Waals surface area (Å²) in [6.07, 6.45) is 1.19. The maximum atomic E-state index is 10.8. The van der Waals surface area contributed by atoms with Gasteiger partial charge in [-0.1, -0.05) is 0 Å². The molecule has 1 unspecified atom stereocenters. The van der Waals surface area contributed by atoms with Gasteiger partial charge in [-0.3, -0.25) is 0 Å². The lowest BCUT2D eigenvalue weighted by atomic mass is 10.4. The lowest BCUT2D eigenvalue weighted by Gasteiger charge is -2.19. The summed E-state index contributed by atoms with van der Waals surface area (Å²) in [6, 6.07) is 0. The predicted molar refractivity (Wildman–Crippen MR) is 39.8 cm³/mol. The fourth-order valence-electron chi connectivity index (χ4n) is 1.24. The monoisotopic (exact) mass is 180 g/mol. The summed E-state index contributed by atoms with van der Waals surface area (Å²) in [4.78, 5) is 0. The minimum absolute atomic E-state index is 0.356. The van der Waals surface area contributed by atoms with Gasteiger partial charge in [-0.15, -0.1) is 0 Å². The van der Waals surface area contributed by atoms with Crippen LogP contribution in [0.1, 0.15) is 12.8 Å². The van der Waals surface area contributed by atoms with Crippen molar-refractivity contribution < 1.29 is 13.2 Å². The first-order chi connectivity index (χ1) is 5.05. The molecule has 1 aliphatic rings. The summed E-state index contributed by atoms with van der Waals surface area (Å²) >= 11 is 0. The Morgan fingerprint density at radius 2 is 2.27 bits per heavy atom. The SMILES string of the molecule is COC1CCCN1S(N)(=O)=O. The highest BCUT2D eigenvalue weighted by molar-refractivity contribution is 7.86. The molecule has 0 aromatic heterocycles. The third kappa shape index (κ3) is 1.90. The van der Waals surface area contributed by atoms with Gasteiger partial charge in [0.05, 0.1) is 0 Å². The van der Waals surface area contributed by atoms with Crippen molar-refractivity contribution in [3.8, 4) is 0 Å². The van der Waals surface area contributed by atoms with Gasteiger partial charge in [-0.05, 0) is 12.8 Å². The molecule has 1 saturated heterocycles. The van der Waals surface area contributed by atoms with E-state index in [1.165, 1.54) is 11.4 Å². The molecule has 0 aliphatic carbocycles. The summed E-state index contributed by atoms with van der Waals surface area (Å²) in [5, 5.41) is 4.92. The molecule has 0 saturated carbocycles. The standard InChI is InChI=1S/C5H12N2O3S/c1-10-5-3-2-4-7(5)11(6,8)9/h5H,2-4H2,1H3,(H2,6,8,9). The Labute approximate surface area is 66.3 Å². The molecule has 0 spiro atoms. The van der Waals surface area contributed by atoms with Gasteiger partial charge in [0, 0.05) is 13.7 Å². The number of hydrogen-bond donors (Lipinski definition) is 1. The summed E-state index contributed by atoms with van der Waals surface area (Å²) in [7, 11) is -2.08. The van der Waals surface area contributed by atoms with Crippen LogP contribution in [-0.4, -0.2) is 32.6 Å². The zero-order valence-corrected chi connectivity index (χ0v) is 7.17. The molecule has 5 nitrogen and oxygen atoms in total. The largest absolute Gasteiger partial charge is 0.365 e. The number of methoxy groups -OCH3 is 1. The molecular formula is C5H12N2O3S. The van der Waals surface area contributed by atoms with E-state index >= 15 is 0 Å². The Kier molecular flexibility index (Phi) is 2.48. The van der Waals surface area contributed by atoms with Gasteiger partial charge in [0.1, 0.15) is 6.23 Å². The van der Waals surface area contributed by atoms with Crippen molar-refractivity contribution in [3.63, 3.8) is 0 Å². The molecule has 11 heavy (non-hydrogen) atoms. The van der Waals surface area contributed by atoms with Crippen molar-refractivity contribution in [1.82, 2.24) is 4.31 Å². The van der Waals surface area contributed by atoms with E-state index in [0.717, 1.165) is 12.8 Å². The Morgan fingerprint density at radius 3 is 2.64 bits per heavy atom. The molecule has 1 aliphatic heterocycles. The molecule has 1 rings (SSSR count). The fourth-order valence-corrected chi connectivity index (χ4v) is 2.14. The maximum Gasteiger partial charge on any atom is 0.279 e. The van der Waals surface area contributed by atoms with Gasteiger partial charge in [0.25, 0.3) is 10.2 Å². The predicted octanol–water partition coefficient (Wildman–Crippen LogP) is -0.742. The highest BCUT2D eigenvalue weighted by atomic mass is 32.2. The molecule has 0 aromatic carbocycles. The molecule has 0 bridgehead atoms. The lowest BCUT2D eigenvalue weighted by molar-refractivity contribution is 0.0406. The van der Waals surface area contributed by atoms with Gasteiger partial charge in [-0.25, -0.2) is 5.14 Å². The topological polar surface area (TPSA) is 72.6 Å². The molecular weight excluding hydrogens is 168 g/mol. The van der Waals surface area contributed by atoms with Gasteiger partial charge < -0.3 is 4.74 Å². The van der Waals surface area contributed by atoms with Crippen molar-refractivity contribution in [3.05, 3.63) is 0 Å². The van der Waals surface area contributed by atoms with E-state index in [4.69, 9.17) is 9.88 Å². The molecule has 0 radical (unpaired) electrons. The highest BCUT2D eigenvalue weighted by Gasteiger charge is 2.31. The van der Waals surface area contributed by atoms with Crippen LogP contribution >= 0.6 is 0 Å². The summed E-state index contributed by atoms with van der Waals surface area (Å²) < 4.78 is 27.7. The second-order valence-electron chi connectivity index (χ2n) is 2.49. The number of rotatable bonds is 2. The normalized spacial score (nSPS) is 27.6. The van der Waals surface area contributed by atoms with E-state index in [9.17, 15) is 8.42 Å². The zero-order chi connectivity index (χ0) is 8.48. The first kappa shape index (κ1) is 8.92.